The molecule has 0 spiro atoms. The molecule has 0 saturated heterocycles. The van der Waals surface area contributed by atoms with E-state index in [1.54, 1.807) is 0 Å². The van der Waals surface area contributed by atoms with Gasteiger partial charge in [0.2, 0.25) is 5.91 Å². The normalized spacial score (nSPS) is 16.8. The van der Waals surface area contributed by atoms with Gasteiger partial charge in [-0.3, -0.25) is 4.79 Å². The molecule has 0 radical (unpaired) electrons. The predicted molar refractivity (Wildman–Crippen MR) is 101 cm³/mol. The van der Waals surface area contributed by atoms with Crippen LogP contribution in [0.4, 0.5) is 17.1 Å². The topological polar surface area (TPSA) is 44.4 Å². The third-order valence-electron chi connectivity index (χ3n) is 4.42. The molecule has 3 rings (SSSR count). The van der Waals surface area contributed by atoms with Crippen molar-refractivity contribution in [3.63, 3.8) is 0 Å². The number of fused-ring (bicyclic) bond motifs is 1. The van der Waals surface area contributed by atoms with Crippen molar-refractivity contribution in [2.24, 2.45) is 0 Å². The van der Waals surface area contributed by atoms with Gasteiger partial charge >= 0.3 is 0 Å². The summed E-state index contributed by atoms with van der Waals surface area (Å²) >= 11 is 0. The molecule has 1 aliphatic rings. The van der Waals surface area contributed by atoms with Crippen LogP contribution in [0.5, 0.6) is 0 Å². The van der Waals surface area contributed by atoms with E-state index in [1.165, 1.54) is 5.56 Å². The lowest BCUT2D eigenvalue weighted by Gasteiger charge is -2.44. The molecule has 1 amide bonds. The van der Waals surface area contributed by atoms with Gasteiger partial charge in [-0.05, 0) is 52.0 Å². The molecule has 0 aliphatic carbocycles. The van der Waals surface area contributed by atoms with Gasteiger partial charge in [0.15, 0.2) is 0 Å². The van der Waals surface area contributed by atoms with Gasteiger partial charge in [-0.15, -0.1) is 0 Å². The molecular weight excluding hydrogens is 298 g/mol. The number of hydrogen-bond donors (Lipinski definition) is 2. The Morgan fingerprint density at radius 2 is 1.83 bits per heavy atom. The predicted octanol–water partition coefficient (Wildman–Crippen LogP) is 4.03. The smallest absolute Gasteiger partial charge is 0.246 e. The number of aryl methyl sites for hydroxylation is 1. The summed E-state index contributed by atoms with van der Waals surface area (Å²) in [5.41, 5.74) is 4.07. The molecular formula is C20H25N3O. The highest BCUT2D eigenvalue weighted by Crippen LogP contribution is 2.35. The van der Waals surface area contributed by atoms with Crippen LogP contribution in [0, 0.1) is 6.92 Å². The Hall–Kier alpha value is -2.49. The Morgan fingerprint density at radius 3 is 2.54 bits per heavy atom. The molecule has 2 aromatic rings. The number of carbonyl (C=O) groups excluding carboxylic acids is 1. The number of nitrogens with one attached hydrogen (secondary N) is 2. The van der Waals surface area contributed by atoms with E-state index in [-0.39, 0.29) is 17.5 Å². The van der Waals surface area contributed by atoms with E-state index in [2.05, 4.69) is 41.5 Å². The van der Waals surface area contributed by atoms with E-state index in [0.717, 1.165) is 23.6 Å². The summed E-state index contributed by atoms with van der Waals surface area (Å²) in [5, 5.41) is 6.57. The Kier molecular flexibility index (Phi) is 4.22. The van der Waals surface area contributed by atoms with E-state index >= 15 is 0 Å². The van der Waals surface area contributed by atoms with Crippen LogP contribution in [0.25, 0.3) is 0 Å². The fraction of sp³-hybridized carbons (Fsp3) is 0.350. The SMILES string of the molecule is Cc1ccc(NC(=O)C(C)N2CC(C)(C)Nc3ccccc32)cc1. The van der Waals surface area contributed by atoms with Gasteiger partial charge in [0, 0.05) is 17.8 Å². The van der Waals surface area contributed by atoms with E-state index < -0.39 is 0 Å². The van der Waals surface area contributed by atoms with Gasteiger partial charge in [-0.1, -0.05) is 29.8 Å². The first-order chi connectivity index (χ1) is 11.4. The second-order valence-corrected chi connectivity index (χ2v) is 7.19. The molecule has 2 aromatic carbocycles. The summed E-state index contributed by atoms with van der Waals surface area (Å²) in [6, 6.07) is 15.8. The van der Waals surface area contributed by atoms with Gasteiger partial charge in [0.05, 0.1) is 11.4 Å². The molecule has 1 atom stereocenters. The zero-order valence-electron chi connectivity index (χ0n) is 14.8. The van der Waals surface area contributed by atoms with Gasteiger partial charge in [0.1, 0.15) is 6.04 Å². The summed E-state index contributed by atoms with van der Waals surface area (Å²) in [5.74, 6) is 0.00589. The second kappa shape index (κ2) is 6.19. The van der Waals surface area contributed by atoms with E-state index in [4.69, 9.17) is 0 Å². The van der Waals surface area contributed by atoms with Crippen LogP contribution in [-0.2, 0) is 4.79 Å². The van der Waals surface area contributed by atoms with Crippen molar-refractivity contribution >= 4 is 23.0 Å². The number of amides is 1. The van der Waals surface area contributed by atoms with Gasteiger partial charge in [-0.2, -0.15) is 0 Å². The molecule has 0 saturated carbocycles. The minimum absolute atomic E-state index is 0.00589. The first-order valence-corrected chi connectivity index (χ1v) is 8.37. The third kappa shape index (κ3) is 3.37. The molecule has 1 unspecified atom stereocenters. The molecule has 24 heavy (non-hydrogen) atoms. The van der Waals surface area contributed by atoms with Crippen LogP contribution >= 0.6 is 0 Å². The summed E-state index contributed by atoms with van der Waals surface area (Å²) in [4.78, 5) is 14.9. The van der Waals surface area contributed by atoms with Crippen LogP contribution in [0.2, 0.25) is 0 Å². The van der Waals surface area contributed by atoms with E-state index in [1.807, 2.05) is 50.2 Å². The molecule has 1 aliphatic heterocycles. The molecule has 4 nitrogen and oxygen atoms in total. The van der Waals surface area contributed by atoms with Crippen molar-refractivity contribution in [1.29, 1.82) is 0 Å². The summed E-state index contributed by atoms with van der Waals surface area (Å²) in [7, 11) is 0. The van der Waals surface area contributed by atoms with Crippen molar-refractivity contribution in [3.05, 3.63) is 54.1 Å². The Balaban J connectivity index is 1.82. The number of hydrogen-bond acceptors (Lipinski definition) is 3. The van der Waals surface area contributed by atoms with Crippen LogP contribution in [-0.4, -0.2) is 24.0 Å². The zero-order chi connectivity index (χ0) is 17.3. The fourth-order valence-electron chi connectivity index (χ4n) is 3.12. The highest BCUT2D eigenvalue weighted by atomic mass is 16.2. The number of para-hydroxylation sites is 2. The minimum Gasteiger partial charge on any atom is -0.377 e. The van der Waals surface area contributed by atoms with Gasteiger partial charge < -0.3 is 15.5 Å². The first-order valence-electron chi connectivity index (χ1n) is 8.37. The molecule has 2 N–H and O–H groups in total. The summed E-state index contributed by atoms with van der Waals surface area (Å²) in [6.45, 7) is 9.07. The van der Waals surface area contributed by atoms with E-state index in [0.29, 0.717) is 0 Å². The van der Waals surface area contributed by atoms with Crippen LogP contribution in [0.15, 0.2) is 48.5 Å². The molecule has 126 valence electrons. The van der Waals surface area contributed by atoms with Crippen molar-refractivity contribution < 1.29 is 4.79 Å². The van der Waals surface area contributed by atoms with Crippen molar-refractivity contribution in [3.8, 4) is 0 Å². The molecule has 0 bridgehead atoms. The zero-order valence-corrected chi connectivity index (χ0v) is 14.8. The quantitative estimate of drug-likeness (QED) is 0.896. The number of benzene rings is 2. The van der Waals surface area contributed by atoms with Crippen molar-refractivity contribution in [2.45, 2.75) is 39.3 Å². The van der Waals surface area contributed by atoms with Crippen LogP contribution in [0.1, 0.15) is 26.3 Å². The number of nitrogens with zero attached hydrogens (tertiary/aromatic N) is 1. The average molecular weight is 323 g/mol. The maximum Gasteiger partial charge on any atom is 0.246 e. The van der Waals surface area contributed by atoms with Crippen LogP contribution < -0.4 is 15.5 Å². The van der Waals surface area contributed by atoms with Gasteiger partial charge in [-0.25, -0.2) is 0 Å². The third-order valence-corrected chi connectivity index (χ3v) is 4.42. The highest BCUT2D eigenvalue weighted by Gasteiger charge is 2.34. The Bertz CT molecular complexity index is 737. The number of rotatable bonds is 3. The van der Waals surface area contributed by atoms with Crippen molar-refractivity contribution in [1.82, 2.24) is 0 Å². The lowest BCUT2D eigenvalue weighted by molar-refractivity contribution is -0.117. The monoisotopic (exact) mass is 323 g/mol. The lowest BCUT2D eigenvalue weighted by Crippen LogP contribution is -2.54. The van der Waals surface area contributed by atoms with E-state index in [9.17, 15) is 4.79 Å². The van der Waals surface area contributed by atoms with Crippen LogP contribution in [0.3, 0.4) is 0 Å². The molecule has 0 aromatic heterocycles. The second-order valence-electron chi connectivity index (χ2n) is 7.19. The largest absolute Gasteiger partial charge is 0.377 e. The maximum absolute atomic E-state index is 12.7. The number of carbonyl (C=O) groups is 1. The summed E-state index contributed by atoms with van der Waals surface area (Å²) < 4.78 is 0. The molecule has 4 heteroatoms. The number of anilines is 3. The Morgan fingerprint density at radius 1 is 1.17 bits per heavy atom. The fourth-order valence-corrected chi connectivity index (χ4v) is 3.12. The Labute approximate surface area is 143 Å². The highest BCUT2D eigenvalue weighted by molar-refractivity contribution is 5.97. The maximum atomic E-state index is 12.7. The lowest BCUT2D eigenvalue weighted by atomic mass is 9.97. The van der Waals surface area contributed by atoms with Crippen molar-refractivity contribution in [2.75, 3.05) is 22.1 Å². The molecule has 0 fully saturated rings. The minimum atomic E-state index is -0.256. The average Bonchev–Trinajstić information content (AvgIpc) is 2.54. The summed E-state index contributed by atoms with van der Waals surface area (Å²) in [6.07, 6.45) is 0. The molecule has 1 heterocycles. The standard InChI is InChI=1S/C20H25N3O/c1-14-9-11-16(12-10-14)21-19(24)15(2)23-13-20(3,4)22-17-7-5-6-8-18(17)23/h5-12,15,22H,13H2,1-4H3,(H,21,24). The van der Waals surface area contributed by atoms with Gasteiger partial charge in [0.25, 0.3) is 0 Å². The first kappa shape index (κ1) is 16.4.